The van der Waals surface area contributed by atoms with Crippen LogP contribution < -0.4 is 10.3 Å². The van der Waals surface area contributed by atoms with E-state index >= 15 is 0 Å². The van der Waals surface area contributed by atoms with E-state index in [4.69, 9.17) is 5.73 Å². The van der Waals surface area contributed by atoms with Crippen LogP contribution >= 0.6 is 11.3 Å². The van der Waals surface area contributed by atoms with E-state index in [1.165, 1.54) is 16.8 Å². The van der Waals surface area contributed by atoms with Gasteiger partial charge in [-0.3, -0.25) is 0 Å². The van der Waals surface area contributed by atoms with Gasteiger partial charge in [0.25, 0.3) is 5.01 Å². The van der Waals surface area contributed by atoms with E-state index in [1.807, 2.05) is 42.5 Å². The summed E-state index contributed by atoms with van der Waals surface area (Å²) in [7, 11) is 0. The molecule has 0 atom stereocenters. The van der Waals surface area contributed by atoms with E-state index in [2.05, 4.69) is 29.3 Å². The Kier molecular flexibility index (Phi) is 4.27. The standard InChI is InChI=1S/C22H18FN2S/c1-2-21-25(14-15-10-12-16(23)13-11-15)22-18(7-5-9-20(22)26-21)17-6-3-4-8-19(17)24/h2-13H,1,14,24H2/q+1. The maximum Gasteiger partial charge on any atom is 0.262 e. The lowest BCUT2D eigenvalue weighted by atomic mass is 10.0. The predicted molar refractivity (Wildman–Crippen MR) is 107 cm³/mol. The van der Waals surface area contributed by atoms with Gasteiger partial charge in [-0.25, -0.2) is 4.39 Å². The summed E-state index contributed by atoms with van der Waals surface area (Å²) in [5.41, 5.74) is 11.2. The number of nitrogen functional groups attached to an aromatic ring is 1. The van der Waals surface area contributed by atoms with Crippen LogP contribution in [0, 0.1) is 5.82 Å². The molecule has 128 valence electrons. The Bertz CT molecular complexity index is 1100. The first kappa shape index (κ1) is 16.5. The molecule has 0 bridgehead atoms. The zero-order chi connectivity index (χ0) is 18.1. The third kappa shape index (κ3) is 2.89. The van der Waals surface area contributed by atoms with E-state index in [0.717, 1.165) is 32.9 Å². The smallest absolute Gasteiger partial charge is 0.262 e. The molecule has 0 radical (unpaired) electrons. The van der Waals surface area contributed by atoms with Gasteiger partial charge in [-0.1, -0.05) is 42.2 Å². The first-order valence-corrected chi connectivity index (χ1v) is 9.16. The Labute approximate surface area is 155 Å². The molecule has 1 aromatic heterocycles. The fourth-order valence-electron chi connectivity index (χ4n) is 3.20. The number of fused-ring (bicyclic) bond motifs is 1. The van der Waals surface area contributed by atoms with Gasteiger partial charge >= 0.3 is 0 Å². The molecule has 3 aromatic carbocycles. The molecule has 0 aliphatic rings. The van der Waals surface area contributed by atoms with E-state index in [-0.39, 0.29) is 5.82 Å². The Morgan fingerprint density at radius 2 is 1.69 bits per heavy atom. The van der Waals surface area contributed by atoms with Crippen molar-refractivity contribution >= 4 is 33.3 Å². The van der Waals surface area contributed by atoms with Crippen LogP contribution in [0.4, 0.5) is 10.1 Å². The van der Waals surface area contributed by atoms with E-state index < -0.39 is 0 Å². The number of hydrogen-bond donors (Lipinski definition) is 1. The average Bonchev–Trinajstić information content (AvgIpc) is 3.02. The highest BCUT2D eigenvalue weighted by Gasteiger charge is 2.23. The molecular weight excluding hydrogens is 343 g/mol. The molecule has 2 N–H and O–H groups in total. The Hall–Kier alpha value is -2.98. The number of halogens is 1. The van der Waals surface area contributed by atoms with Crippen molar-refractivity contribution in [3.63, 3.8) is 0 Å². The maximum atomic E-state index is 13.3. The number of rotatable bonds is 4. The fraction of sp³-hybridized carbons (Fsp3) is 0.0455. The van der Waals surface area contributed by atoms with Crippen LogP contribution in [0.5, 0.6) is 0 Å². The highest BCUT2D eigenvalue weighted by molar-refractivity contribution is 7.18. The highest BCUT2D eigenvalue weighted by Crippen LogP contribution is 2.34. The van der Waals surface area contributed by atoms with Gasteiger partial charge in [-0.15, -0.1) is 0 Å². The molecule has 0 saturated carbocycles. The molecule has 0 unspecified atom stereocenters. The second kappa shape index (κ2) is 6.73. The van der Waals surface area contributed by atoms with Crippen LogP contribution in [-0.2, 0) is 6.54 Å². The molecule has 4 aromatic rings. The zero-order valence-corrected chi connectivity index (χ0v) is 15.0. The number of para-hydroxylation sites is 2. The minimum atomic E-state index is -0.226. The van der Waals surface area contributed by atoms with Gasteiger partial charge in [-0.2, -0.15) is 4.57 Å². The minimum absolute atomic E-state index is 0.226. The average molecular weight is 361 g/mol. The van der Waals surface area contributed by atoms with Crippen molar-refractivity contribution in [3.8, 4) is 11.1 Å². The van der Waals surface area contributed by atoms with Gasteiger partial charge in [0.1, 0.15) is 10.5 Å². The molecule has 0 fully saturated rings. The number of nitrogens with two attached hydrogens (primary N) is 1. The molecule has 4 heteroatoms. The number of benzene rings is 3. The van der Waals surface area contributed by atoms with Gasteiger partial charge in [0, 0.05) is 22.9 Å². The second-order valence-corrected chi connectivity index (χ2v) is 7.16. The van der Waals surface area contributed by atoms with Crippen LogP contribution in [0.3, 0.4) is 0 Å². The Morgan fingerprint density at radius 3 is 2.42 bits per heavy atom. The van der Waals surface area contributed by atoms with Crippen molar-refractivity contribution in [3.05, 3.63) is 89.7 Å². The van der Waals surface area contributed by atoms with Crippen LogP contribution in [0.25, 0.3) is 27.4 Å². The lowest BCUT2D eigenvalue weighted by molar-refractivity contribution is -0.659. The van der Waals surface area contributed by atoms with Crippen molar-refractivity contribution in [1.29, 1.82) is 0 Å². The van der Waals surface area contributed by atoms with Crippen molar-refractivity contribution in [2.24, 2.45) is 0 Å². The van der Waals surface area contributed by atoms with Crippen LogP contribution in [0.15, 0.2) is 73.3 Å². The second-order valence-electron chi connectivity index (χ2n) is 6.10. The molecular formula is C22H18FN2S+. The largest absolute Gasteiger partial charge is 0.398 e. The summed E-state index contributed by atoms with van der Waals surface area (Å²) in [5.74, 6) is -0.226. The fourth-order valence-corrected chi connectivity index (χ4v) is 4.24. The molecule has 0 aliphatic heterocycles. The Balaban J connectivity index is 1.95. The third-order valence-electron chi connectivity index (χ3n) is 4.43. The third-order valence-corrected chi connectivity index (χ3v) is 5.57. The number of anilines is 1. The summed E-state index contributed by atoms with van der Waals surface area (Å²) >= 11 is 1.69. The lowest BCUT2D eigenvalue weighted by Gasteiger charge is -2.06. The molecule has 1 heterocycles. The first-order valence-electron chi connectivity index (χ1n) is 8.34. The van der Waals surface area contributed by atoms with Crippen molar-refractivity contribution < 1.29 is 8.96 Å². The minimum Gasteiger partial charge on any atom is -0.398 e. The van der Waals surface area contributed by atoms with Gasteiger partial charge in [0.2, 0.25) is 5.52 Å². The van der Waals surface area contributed by atoms with Crippen molar-refractivity contribution in [2.75, 3.05) is 5.73 Å². The molecule has 4 rings (SSSR count). The van der Waals surface area contributed by atoms with Crippen LogP contribution in [0.2, 0.25) is 0 Å². The van der Waals surface area contributed by atoms with Gasteiger partial charge < -0.3 is 5.73 Å². The van der Waals surface area contributed by atoms with Gasteiger partial charge in [0.15, 0.2) is 6.54 Å². The van der Waals surface area contributed by atoms with Gasteiger partial charge in [0.05, 0.1) is 5.56 Å². The maximum absolute atomic E-state index is 13.3. The molecule has 2 nitrogen and oxygen atoms in total. The van der Waals surface area contributed by atoms with Crippen molar-refractivity contribution in [1.82, 2.24) is 0 Å². The molecule has 0 saturated heterocycles. The molecule has 26 heavy (non-hydrogen) atoms. The predicted octanol–water partition coefficient (Wildman–Crippen LogP) is 5.27. The number of nitrogens with zero attached hydrogens (tertiary/aromatic N) is 1. The van der Waals surface area contributed by atoms with Crippen LogP contribution in [0.1, 0.15) is 10.6 Å². The summed E-state index contributed by atoms with van der Waals surface area (Å²) in [4.78, 5) is 0. The number of hydrogen-bond acceptors (Lipinski definition) is 2. The SMILES string of the molecule is C=Cc1sc2cccc(-c3ccccc3N)c2[n+]1Cc1ccc(F)cc1. The zero-order valence-electron chi connectivity index (χ0n) is 14.2. The lowest BCUT2D eigenvalue weighted by Crippen LogP contribution is -2.36. The van der Waals surface area contributed by atoms with Gasteiger partial charge in [-0.05, 0) is 42.5 Å². The molecule has 0 amide bonds. The summed E-state index contributed by atoms with van der Waals surface area (Å²) in [5, 5.41) is 1.06. The quantitative estimate of drug-likeness (QED) is 0.389. The summed E-state index contributed by atoms with van der Waals surface area (Å²) in [6, 6.07) is 20.8. The van der Waals surface area contributed by atoms with E-state index in [1.54, 1.807) is 11.3 Å². The Morgan fingerprint density at radius 1 is 0.962 bits per heavy atom. The number of thiazole rings is 1. The monoisotopic (exact) mass is 361 g/mol. The topological polar surface area (TPSA) is 29.9 Å². The highest BCUT2D eigenvalue weighted by atomic mass is 32.1. The van der Waals surface area contributed by atoms with Crippen molar-refractivity contribution in [2.45, 2.75) is 6.54 Å². The molecule has 0 aliphatic carbocycles. The van der Waals surface area contributed by atoms with E-state index in [0.29, 0.717) is 6.54 Å². The summed E-state index contributed by atoms with van der Waals surface area (Å²) in [6.45, 7) is 4.61. The normalized spacial score (nSPS) is 11.0. The first-order chi connectivity index (χ1) is 12.7. The summed E-state index contributed by atoms with van der Waals surface area (Å²) in [6.07, 6.45) is 1.87. The van der Waals surface area contributed by atoms with Crippen LogP contribution in [-0.4, -0.2) is 0 Å². The van der Waals surface area contributed by atoms with E-state index in [9.17, 15) is 4.39 Å². The number of aromatic nitrogens is 1. The summed E-state index contributed by atoms with van der Waals surface area (Å²) < 4.78 is 16.7. The molecule has 0 spiro atoms.